The molecule has 0 radical (unpaired) electrons. The van der Waals surface area contributed by atoms with E-state index in [1.807, 2.05) is 43.0 Å². The Labute approximate surface area is 173 Å². The van der Waals surface area contributed by atoms with Crippen LogP contribution in [0, 0.1) is 5.92 Å². The zero-order valence-corrected chi connectivity index (χ0v) is 17.6. The molecule has 3 rings (SSSR count). The predicted molar refractivity (Wildman–Crippen MR) is 111 cm³/mol. The second kappa shape index (κ2) is 9.19. The fraction of sp³-hybridized carbons (Fsp3) is 0.381. The van der Waals surface area contributed by atoms with E-state index in [0.717, 1.165) is 23.1 Å². The molecule has 1 atom stereocenters. The number of carbonyl (C=O) groups excluding carboxylic acids is 2. The van der Waals surface area contributed by atoms with Crippen molar-refractivity contribution < 1.29 is 14.3 Å². The largest absolute Gasteiger partial charge is 0.491 e. The summed E-state index contributed by atoms with van der Waals surface area (Å²) in [5.74, 6) is 0.833. The van der Waals surface area contributed by atoms with Gasteiger partial charge in [-0.3, -0.25) is 9.59 Å². The third-order valence-corrected chi connectivity index (χ3v) is 5.21. The molecule has 0 saturated carbocycles. The highest BCUT2D eigenvalue weighted by atomic mass is 79.9. The summed E-state index contributed by atoms with van der Waals surface area (Å²) in [6, 6.07) is 11.0. The van der Waals surface area contributed by atoms with Crippen LogP contribution >= 0.6 is 15.9 Å². The summed E-state index contributed by atoms with van der Waals surface area (Å²) >= 11 is 3.41. The molecule has 6 nitrogen and oxygen atoms in total. The van der Waals surface area contributed by atoms with E-state index in [-0.39, 0.29) is 23.8 Å². The van der Waals surface area contributed by atoms with Gasteiger partial charge in [-0.2, -0.15) is 0 Å². The highest BCUT2D eigenvalue weighted by Gasteiger charge is 2.30. The van der Waals surface area contributed by atoms with Gasteiger partial charge in [0.25, 0.3) is 5.91 Å². The maximum atomic E-state index is 13.0. The number of ether oxygens (including phenoxy) is 1. The molecule has 0 unspecified atom stereocenters. The van der Waals surface area contributed by atoms with Crippen LogP contribution in [-0.2, 0) is 4.79 Å². The van der Waals surface area contributed by atoms with Gasteiger partial charge >= 0.3 is 0 Å². The molecule has 1 aliphatic heterocycles. The molecule has 1 aromatic carbocycles. The summed E-state index contributed by atoms with van der Waals surface area (Å²) in [6.45, 7) is 4.77. The molecule has 0 aliphatic carbocycles. The maximum Gasteiger partial charge on any atom is 0.254 e. The van der Waals surface area contributed by atoms with Crippen LogP contribution in [0.4, 0.5) is 5.82 Å². The van der Waals surface area contributed by atoms with Crippen molar-refractivity contribution in [3.05, 3.63) is 52.6 Å². The van der Waals surface area contributed by atoms with Crippen LogP contribution in [0.2, 0.25) is 0 Å². The molecule has 7 heteroatoms. The molecule has 2 aromatic rings. The Morgan fingerprint density at radius 3 is 2.75 bits per heavy atom. The summed E-state index contributed by atoms with van der Waals surface area (Å²) in [5.41, 5.74) is 0.518. The molecule has 1 aliphatic rings. The third-order valence-electron chi connectivity index (χ3n) is 4.68. The number of amides is 2. The van der Waals surface area contributed by atoms with Crippen molar-refractivity contribution in [1.82, 2.24) is 9.88 Å². The van der Waals surface area contributed by atoms with Gasteiger partial charge in [-0.25, -0.2) is 4.98 Å². The van der Waals surface area contributed by atoms with E-state index in [4.69, 9.17) is 4.74 Å². The number of hydrogen-bond acceptors (Lipinski definition) is 4. The molecule has 2 amide bonds. The number of nitrogens with zero attached hydrogens (tertiary/aromatic N) is 2. The lowest BCUT2D eigenvalue weighted by Gasteiger charge is -2.25. The zero-order chi connectivity index (χ0) is 20.1. The Hall–Kier alpha value is -2.41. The van der Waals surface area contributed by atoms with E-state index in [2.05, 4.69) is 26.2 Å². The first-order valence-corrected chi connectivity index (χ1v) is 10.2. The molecular weight excluding hydrogens is 422 g/mol. The summed E-state index contributed by atoms with van der Waals surface area (Å²) in [7, 11) is 0. The van der Waals surface area contributed by atoms with Crippen LogP contribution in [0.5, 0.6) is 5.75 Å². The highest BCUT2D eigenvalue weighted by molar-refractivity contribution is 9.10. The second-order valence-electron chi connectivity index (χ2n) is 7.13. The number of anilines is 1. The van der Waals surface area contributed by atoms with Crippen molar-refractivity contribution in [2.75, 3.05) is 18.5 Å². The highest BCUT2D eigenvalue weighted by Crippen LogP contribution is 2.23. The Morgan fingerprint density at radius 1 is 1.29 bits per heavy atom. The summed E-state index contributed by atoms with van der Waals surface area (Å²) in [4.78, 5) is 30.9. The lowest BCUT2D eigenvalue weighted by molar-refractivity contribution is -0.118. The van der Waals surface area contributed by atoms with Crippen LogP contribution in [0.25, 0.3) is 0 Å². The van der Waals surface area contributed by atoms with Gasteiger partial charge in [0.2, 0.25) is 5.91 Å². The number of pyridine rings is 1. The van der Waals surface area contributed by atoms with Crippen LogP contribution in [-0.4, -0.2) is 40.9 Å². The lowest BCUT2D eigenvalue weighted by Crippen LogP contribution is -2.39. The molecule has 1 saturated heterocycles. The fourth-order valence-electron chi connectivity index (χ4n) is 3.07. The molecule has 148 valence electrons. The van der Waals surface area contributed by atoms with Crippen molar-refractivity contribution in [3.63, 3.8) is 0 Å². The SMILES string of the molecule is CC(C)C(=O)Nc1cc(C(=O)N2CCC[C@H]2COc2ccc(Br)cc2)ccn1. The van der Waals surface area contributed by atoms with Crippen molar-refractivity contribution in [3.8, 4) is 5.75 Å². The maximum absolute atomic E-state index is 13.0. The standard InChI is InChI=1S/C21H24BrN3O3/c1-14(2)20(26)24-19-12-15(9-10-23-19)21(27)25-11-3-4-17(25)13-28-18-7-5-16(22)6-8-18/h5-10,12,14,17H,3-4,11,13H2,1-2H3,(H,23,24,26)/t17-/m0/s1. The van der Waals surface area contributed by atoms with Crippen LogP contribution in [0.3, 0.4) is 0 Å². The van der Waals surface area contributed by atoms with Crippen molar-refractivity contribution in [2.24, 2.45) is 5.92 Å². The molecule has 1 N–H and O–H groups in total. The zero-order valence-electron chi connectivity index (χ0n) is 16.0. The second-order valence-corrected chi connectivity index (χ2v) is 8.05. The Balaban J connectivity index is 1.65. The first-order chi connectivity index (χ1) is 13.4. The molecular formula is C21H24BrN3O3. The smallest absolute Gasteiger partial charge is 0.254 e. The van der Waals surface area contributed by atoms with E-state index < -0.39 is 0 Å². The number of benzene rings is 1. The average molecular weight is 446 g/mol. The minimum atomic E-state index is -0.153. The first-order valence-electron chi connectivity index (χ1n) is 9.40. The summed E-state index contributed by atoms with van der Waals surface area (Å²) < 4.78 is 6.88. The molecule has 0 bridgehead atoms. The fourth-order valence-corrected chi connectivity index (χ4v) is 3.33. The van der Waals surface area contributed by atoms with Gasteiger partial charge in [0.05, 0.1) is 6.04 Å². The first kappa shape index (κ1) is 20.3. The molecule has 2 heterocycles. The van der Waals surface area contributed by atoms with E-state index in [1.165, 1.54) is 0 Å². The van der Waals surface area contributed by atoms with Crippen molar-refractivity contribution >= 4 is 33.6 Å². The number of carbonyl (C=O) groups is 2. The normalized spacial score (nSPS) is 16.3. The third kappa shape index (κ3) is 5.10. The van der Waals surface area contributed by atoms with E-state index in [1.54, 1.807) is 18.3 Å². The molecule has 28 heavy (non-hydrogen) atoms. The molecule has 1 aromatic heterocycles. The minimum Gasteiger partial charge on any atom is -0.491 e. The van der Waals surface area contributed by atoms with Gasteiger partial charge in [-0.15, -0.1) is 0 Å². The number of rotatable bonds is 6. The van der Waals surface area contributed by atoms with Crippen molar-refractivity contribution in [2.45, 2.75) is 32.7 Å². The minimum absolute atomic E-state index is 0.0259. The van der Waals surface area contributed by atoms with E-state index >= 15 is 0 Å². The number of aromatic nitrogens is 1. The van der Waals surface area contributed by atoms with Gasteiger partial charge in [-0.1, -0.05) is 29.8 Å². The van der Waals surface area contributed by atoms with E-state index in [0.29, 0.717) is 24.5 Å². The van der Waals surface area contributed by atoms with Crippen LogP contribution < -0.4 is 10.1 Å². The molecule has 1 fully saturated rings. The Morgan fingerprint density at radius 2 is 2.04 bits per heavy atom. The van der Waals surface area contributed by atoms with Crippen LogP contribution in [0.15, 0.2) is 47.1 Å². The number of halogens is 1. The van der Waals surface area contributed by atoms with E-state index in [9.17, 15) is 9.59 Å². The Kier molecular flexibility index (Phi) is 6.67. The van der Waals surface area contributed by atoms with Gasteiger partial charge in [-0.05, 0) is 49.2 Å². The molecule has 0 spiro atoms. The summed E-state index contributed by atoms with van der Waals surface area (Å²) in [6.07, 6.45) is 3.40. The number of likely N-dealkylation sites (tertiary alicyclic amines) is 1. The van der Waals surface area contributed by atoms with Gasteiger partial charge < -0.3 is 15.0 Å². The summed E-state index contributed by atoms with van der Waals surface area (Å²) in [5, 5.41) is 2.74. The van der Waals surface area contributed by atoms with Gasteiger partial charge in [0.1, 0.15) is 18.2 Å². The Bertz CT molecular complexity index is 839. The predicted octanol–water partition coefficient (Wildman–Crippen LogP) is 4.12. The quantitative estimate of drug-likeness (QED) is 0.725. The monoisotopic (exact) mass is 445 g/mol. The topological polar surface area (TPSA) is 71.5 Å². The number of nitrogens with one attached hydrogen (secondary N) is 1. The van der Waals surface area contributed by atoms with Gasteiger partial charge in [0.15, 0.2) is 0 Å². The lowest BCUT2D eigenvalue weighted by atomic mass is 10.2. The average Bonchev–Trinajstić information content (AvgIpc) is 3.15. The van der Waals surface area contributed by atoms with Crippen molar-refractivity contribution in [1.29, 1.82) is 0 Å². The van der Waals surface area contributed by atoms with Gasteiger partial charge in [0, 0.05) is 28.7 Å². The number of hydrogen-bond donors (Lipinski definition) is 1. The van der Waals surface area contributed by atoms with Crippen LogP contribution in [0.1, 0.15) is 37.0 Å².